The normalized spacial score (nSPS) is 14.5. The van der Waals surface area contributed by atoms with Gasteiger partial charge in [-0.25, -0.2) is 9.37 Å². The molecule has 0 atom stereocenters. The molecule has 0 spiro atoms. The van der Waals surface area contributed by atoms with Crippen LogP contribution in [0.4, 0.5) is 10.2 Å². The van der Waals surface area contributed by atoms with E-state index in [0.29, 0.717) is 30.6 Å². The number of hydrogen-bond acceptors (Lipinski definition) is 4. The highest BCUT2D eigenvalue weighted by Crippen LogP contribution is 2.15. The largest absolute Gasteiger partial charge is 0.353 e. The van der Waals surface area contributed by atoms with Crippen molar-refractivity contribution in [2.45, 2.75) is 12.8 Å². The van der Waals surface area contributed by atoms with E-state index in [1.54, 1.807) is 18.3 Å². The highest BCUT2D eigenvalue weighted by molar-refractivity contribution is 5.80. The van der Waals surface area contributed by atoms with Crippen LogP contribution in [0.15, 0.2) is 53.5 Å². The number of anilines is 1. The van der Waals surface area contributed by atoms with Gasteiger partial charge in [-0.1, -0.05) is 6.07 Å². The molecule has 144 valence electrons. The van der Waals surface area contributed by atoms with Crippen LogP contribution >= 0.6 is 0 Å². The number of hydrogen-bond donors (Lipinski definition) is 1. The van der Waals surface area contributed by atoms with E-state index in [1.807, 2.05) is 23.1 Å². The number of rotatable bonds is 4. The second-order valence-electron chi connectivity index (χ2n) is 6.91. The lowest BCUT2D eigenvalue weighted by Gasteiger charge is -2.35. The van der Waals surface area contributed by atoms with Gasteiger partial charge >= 0.3 is 0 Å². The highest BCUT2D eigenvalue weighted by atomic mass is 19.1. The number of piperazine rings is 1. The number of aromatic nitrogens is 2. The van der Waals surface area contributed by atoms with Crippen molar-refractivity contribution in [3.63, 3.8) is 0 Å². The number of carbonyl (C=O) groups is 1. The zero-order valence-corrected chi connectivity index (χ0v) is 15.4. The molecule has 6 nitrogen and oxygen atoms in total. The molecule has 7 heteroatoms. The first-order valence-corrected chi connectivity index (χ1v) is 9.35. The molecule has 1 amide bonds. The Bertz CT molecular complexity index is 1040. The number of halogens is 1. The number of H-pyrrole nitrogens is 1. The smallest absolute Gasteiger partial charge is 0.251 e. The zero-order chi connectivity index (χ0) is 19.5. The summed E-state index contributed by atoms with van der Waals surface area (Å²) >= 11 is 0. The summed E-state index contributed by atoms with van der Waals surface area (Å²) in [6.07, 6.45) is 2.41. The number of pyridine rings is 2. The molecule has 0 aliphatic carbocycles. The molecule has 0 radical (unpaired) electrons. The quantitative estimate of drug-likeness (QED) is 0.754. The molecule has 1 fully saturated rings. The van der Waals surface area contributed by atoms with Crippen molar-refractivity contribution in [3.8, 4) is 0 Å². The molecule has 3 aromatic rings. The third kappa shape index (κ3) is 3.88. The van der Waals surface area contributed by atoms with Gasteiger partial charge in [0.1, 0.15) is 11.6 Å². The fourth-order valence-electron chi connectivity index (χ4n) is 3.53. The van der Waals surface area contributed by atoms with Crippen LogP contribution in [0.3, 0.4) is 0 Å². The lowest BCUT2D eigenvalue weighted by atomic mass is 10.1. The minimum absolute atomic E-state index is 0.0410. The molecular weight excluding hydrogens is 359 g/mol. The summed E-state index contributed by atoms with van der Waals surface area (Å²) in [5, 5.41) is 0.757. The van der Waals surface area contributed by atoms with Gasteiger partial charge in [-0.05, 0) is 48.2 Å². The van der Waals surface area contributed by atoms with Crippen LogP contribution in [-0.2, 0) is 11.2 Å². The minimum Gasteiger partial charge on any atom is -0.353 e. The Morgan fingerprint density at radius 2 is 1.93 bits per heavy atom. The Morgan fingerprint density at radius 3 is 2.68 bits per heavy atom. The van der Waals surface area contributed by atoms with E-state index in [4.69, 9.17) is 0 Å². The van der Waals surface area contributed by atoms with Crippen LogP contribution in [0.2, 0.25) is 0 Å². The summed E-state index contributed by atoms with van der Waals surface area (Å²) in [5.74, 6) is 0.573. The van der Waals surface area contributed by atoms with Gasteiger partial charge in [0.25, 0.3) is 5.56 Å². The van der Waals surface area contributed by atoms with Crippen LogP contribution in [0, 0.1) is 5.82 Å². The Labute approximate surface area is 161 Å². The second-order valence-corrected chi connectivity index (χ2v) is 6.91. The summed E-state index contributed by atoms with van der Waals surface area (Å²) in [6.45, 7) is 2.77. The predicted octanol–water partition coefficient (Wildman–Crippen LogP) is 2.34. The number of aryl methyl sites for hydroxylation is 1. The first-order chi connectivity index (χ1) is 13.6. The van der Waals surface area contributed by atoms with Crippen LogP contribution in [-0.4, -0.2) is 47.0 Å². The molecule has 1 aliphatic heterocycles. The maximum absolute atomic E-state index is 13.3. The Morgan fingerprint density at radius 1 is 1.11 bits per heavy atom. The predicted molar refractivity (Wildman–Crippen MR) is 106 cm³/mol. The summed E-state index contributed by atoms with van der Waals surface area (Å²) in [5.41, 5.74) is 0.733. The van der Waals surface area contributed by atoms with Crippen molar-refractivity contribution >= 4 is 22.6 Å². The van der Waals surface area contributed by atoms with Crippen LogP contribution in [0.1, 0.15) is 12.0 Å². The van der Waals surface area contributed by atoms with E-state index < -0.39 is 5.82 Å². The summed E-state index contributed by atoms with van der Waals surface area (Å²) in [7, 11) is 0. The molecule has 28 heavy (non-hydrogen) atoms. The van der Waals surface area contributed by atoms with E-state index in [9.17, 15) is 14.0 Å². The number of nitrogens with zero attached hydrogens (tertiary/aromatic N) is 3. The number of nitrogens with one attached hydrogen (secondary N) is 1. The third-order valence-electron chi connectivity index (χ3n) is 5.10. The molecule has 1 N–H and O–H groups in total. The van der Waals surface area contributed by atoms with E-state index in [1.165, 1.54) is 12.1 Å². The molecule has 2 aromatic heterocycles. The van der Waals surface area contributed by atoms with Crippen LogP contribution in [0.5, 0.6) is 0 Å². The van der Waals surface area contributed by atoms with E-state index in [0.717, 1.165) is 24.3 Å². The topological polar surface area (TPSA) is 69.3 Å². The van der Waals surface area contributed by atoms with Gasteiger partial charge < -0.3 is 14.8 Å². The van der Waals surface area contributed by atoms with E-state index >= 15 is 0 Å². The zero-order valence-electron chi connectivity index (χ0n) is 15.4. The Hall–Kier alpha value is -3.22. The first kappa shape index (κ1) is 18.2. The summed E-state index contributed by atoms with van der Waals surface area (Å²) < 4.78 is 13.3. The third-order valence-corrected chi connectivity index (χ3v) is 5.10. The van der Waals surface area contributed by atoms with Crippen LogP contribution in [0.25, 0.3) is 10.9 Å². The van der Waals surface area contributed by atoms with Gasteiger partial charge in [0.2, 0.25) is 5.91 Å². The molecule has 4 rings (SSSR count). The number of fused-ring (bicyclic) bond motifs is 1. The number of amides is 1. The molecule has 1 aromatic carbocycles. The van der Waals surface area contributed by atoms with Gasteiger partial charge in [-0.2, -0.15) is 0 Å². The summed E-state index contributed by atoms with van der Waals surface area (Å²) in [4.78, 5) is 35.8. The molecule has 0 saturated carbocycles. The van der Waals surface area contributed by atoms with Gasteiger partial charge in [-0.3, -0.25) is 9.59 Å². The van der Waals surface area contributed by atoms with Crippen LogP contribution < -0.4 is 10.5 Å². The van der Waals surface area contributed by atoms with Crippen molar-refractivity contribution in [1.82, 2.24) is 14.9 Å². The maximum atomic E-state index is 13.3. The van der Waals surface area contributed by atoms with E-state index in [2.05, 4.69) is 14.9 Å². The molecule has 0 bridgehead atoms. The fraction of sp³-hybridized carbons (Fsp3) is 0.286. The standard InChI is InChI=1S/C21H21FN4O2/c22-17-6-4-15-13-16(21(28)24-18(15)14-17)5-7-20(27)26-11-9-25(10-12-26)19-3-1-2-8-23-19/h1-4,6,8,13-14H,5,7,9-12H2,(H,24,28). The number of aromatic amines is 1. The van der Waals surface area contributed by atoms with Gasteiger partial charge in [-0.15, -0.1) is 0 Å². The van der Waals surface area contributed by atoms with Gasteiger partial charge in [0.05, 0.1) is 5.52 Å². The van der Waals surface area contributed by atoms with Crippen molar-refractivity contribution in [3.05, 3.63) is 70.4 Å². The van der Waals surface area contributed by atoms with Crippen molar-refractivity contribution in [1.29, 1.82) is 0 Å². The number of benzene rings is 1. The van der Waals surface area contributed by atoms with Gasteiger partial charge in [0, 0.05) is 44.4 Å². The summed E-state index contributed by atoms with van der Waals surface area (Å²) in [6, 6.07) is 11.8. The molecule has 0 unspecified atom stereocenters. The number of carbonyl (C=O) groups excluding carboxylic acids is 1. The van der Waals surface area contributed by atoms with Crippen molar-refractivity contribution < 1.29 is 9.18 Å². The Balaban J connectivity index is 1.36. The van der Waals surface area contributed by atoms with Crippen molar-refractivity contribution in [2.75, 3.05) is 31.1 Å². The average molecular weight is 380 g/mol. The Kier molecular flexibility index (Phi) is 5.06. The molecule has 1 aliphatic rings. The molecule has 1 saturated heterocycles. The van der Waals surface area contributed by atoms with Gasteiger partial charge in [0.15, 0.2) is 0 Å². The fourth-order valence-corrected chi connectivity index (χ4v) is 3.53. The monoisotopic (exact) mass is 380 g/mol. The second kappa shape index (κ2) is 7.80. The minimum atomic E-state index is -0.393. The van der Waals surface area contributed by atoms with E-state index in [-0.39, 0.29) is 17.9 Å². The average Bonchev–Trinajstić information content (AvgIpc) is 2.73. The van der Waals surface area contributed by atoms with Crippen molar-refractivity contribution in [2.24, 2.45) is 0 Å². The SMILES string of the molecule is O=C(CCc1cc2ccc(F)cc2[nH]c1=O)N1CCN(c2ccccn2)CC1. The lowest BCUT2D eigenvalue weighted by Crippen LogP contribution is -2.49. The highest BCUT2D eigenvalue weighted by Gasteiger charge is 2.21. The first-order valence-electron chi connectivity index (χ1n) is 9.35. The molecular formula is C21H21FN4O2. The maximum Gasteiger partial charge on any atom is 0.251 e. The lowest BCUT2D eigenvalue weighted by molar-refractivity contribution is -0.131. The molecule has 3 heterocycles.